The molecule has 1 aliphatic carbocycles. The first-order valence-corrected chi connectivity index (χ1v) is 12.8. The van der Waals surface area contributed by atoms with Gasteiger partial charge in [0.05, 0.1) is 6.61 Å². The summed E-state index contributed by atoms with van der Waals surface area (Å²) < 4.78 is 10.9. The summed E-state index contributed by atoms with van der Waals surface area (Å²) in [6.45, 7) is 6.97. The number of rotatable bonds is 8. The molecule has 0 fully saturated rings. The molecule has 0 bridgehead atoms. The molecule has 3 rings (SSSR count). The quantitative estimate of drug-likeness (QED) is 0.511. The fraction of sp³-hybridized carbons (Fsp3) is 0.448. The molecule has 0 heterocycles. The minimum absolute atomic E-state index is 0.0143. The van der Waals surface area contributed by atoms with Crippen molar-refractivity contribution in [3.8, 4) is 11.1 Å². The lowest BCUT2D eigenvalue weighted by atomic mass is 9.98. The van der Waals surface area contributed by atoms with Gasteiger partial charge in [0, 0.05) is 13.0 Å². The number of carboxylic acids is 1. The van der Waals surface area contributed by atoms with Crippen molar-refractivity contribution in [1.82, 2.24) is 9.80 Å². The minimum atomic E-state index is -1.90. The van der Waals surface area contributed by atoms with Crippen molar-refractivity contribution in [3.05, 3.63) is 59.7 Å². The van der Waals surface area contributed by atoms with Crippen molar-refractivity contribution in [2.75, 3.05) is 20.3 Å². The molecule has 2 N–H and O–H groups in total. The van der Waals surface area contributed by atoms with E-state index in [1.807, 2.05) is 48.5 Å². The number of amides is 3. The predicted octanol–water partition coefficient (Wildman–Crippen LogP) is 4.10. The first-order valence-electron chi connectivity index (χ1n) is 12.8. The first-order chi connectivity index (χ1) is 18.3. The SMILES string of the molecule is CC(C)[C@@H](C(=O)N(C(=O)OC(C)(C)C)[C@H](CO)C(=O)O)N(C)C(=O)OCC1c2ccccc2-c2ccccc21. The lowest BCUT2D eigenvalue weighted by molar-refractivity contribution is -0.153. The number of ether oxygens (including phenoxy) is 2. The molecule has 210 valence electrons. The molecule has 39 heavy (non-hydrogen) atoms. The summed E-state index contributed by atoms with van der Waals surface area (Å²) in [4.78, 5) is 53.0. The van der Waals surface area contributed by atoms with Crippen LogP contribution in [-0.4, -0.2) is 82.0 Å². The highest BCUT2D eigenvalue weighted by Crippen LogP contribution is 2.44. The van der Waals surface area contributed by atoms with Crippen LogP contribution in [0.15, 0.2) is 48.5 Å². The maximum atomic E-state index is 13.7. The van der Waals surface area contributed by atoms with Gasteiger partial charge < -0.3 is 19.7 Å². The molecule has 0 aliphatic heterocycles. The highest BCUT2D eigenvalue weighted by atomic mass is 16.6. The van der Waals surface area contributed by atoms with Gasteiger partial charge in [-0.15, -0.1) is 0 Å². The van der Waals surface area contributed by atoms with Crippen molar-refractivity contribution in [3.63, 3.8) is 0 Å². The van der Waals surface area contributed by atoms with E-state index in [1.165, 1.54) is 7.05 Å². The van der Waals surface area contributed by atoms with Crippen LogP contribution in [-0.2, 0) is 19.1 Å². The molecule has 2 aromatic rings. The zero-order valence-electron chi connectivity index (χ0n) is 23.1. The Balaban J connectivity index is 1.84. The Hall–Kier alpha value is -3.92. The van der Waals surface area contributed by atoms with Crippen molar-refractivity contribution >= 4 is 24.1 Å². The number of imide groups is 1. The summed E-state index contributed by atoms with van der Waals surface area (Å²) in [6, 6.07) is 12.6. The summed E-state index contributed by atoms with van der Waals surface area (Å²) in [7, 11) is 1.35. The van der Waals surface area contributed by atoms with Crippen LogP contribution in [0.25, 0.3) is 11.1 Å². The van der Waals surface area contributed by atoms with Gasteiger partial charge in [-0.2, -0.15) is 0 Å². The summed E-state index contributed by atoms with van der Waals surface area (Å²) in [5.74, 6) is -3.34. The predicted molar refractivity (Wildman–Crippen MR) is 143 cm³/mol. The number of aliphatic hydroxyl groups is 1. The molecule has 1 aliphatic rings. The van der Waals surface area contributed by atoms with Crippen LogP contribution >= 0.6 is 0 Å². The van der Waals surface area contributed by atoms with Crippen LogP contribution in [0.4, 0.5) is 9.59 Å². The summed E-state index contributed by atoms with van der Waals surface area (Å²) >= 11 is 0. The third kappa shape index (κ3) is 6.39. The van der Waals surface area contributed by atoms with E-state index >= 15 is 0 Å². The molecule has 0 radical (unpaired) electrons. The molecular weight excluding hydrogens is 504 g/mol. The van der Waals surface area contributed by atoms with Crippen LogP contribution in [0.5, 0.6) is 0 Å². The number of nitrogens with zero attached hydrogens (tertiary/aromatic N) is 2. The Morgan fingerprint density at radius 3 is 1.87 bits per heavy atom. The number of carbonyl (C=O) groups is 4. The molecule has 0 unspecified atom stereocenters. The number of fused-ring (bicyclic) bond motifs is 3. The lowest BCUT2D eigenvalue weighted by Crippen LogP contribution is -2.59. The Morgan fingerprint density at radius 2 is 1.44 bits per heavy atom. The van der Waals surface area contributed by atoms with Gasteiger partial charge in [0.2, 0.25) is 0 Å². The number of hydrogen-bond acceptors (Lipinski definition) is 7. The van der Waals surface area contributed by atoms with Gasteiger partial charge in [0.15, 0.2) is 6.04 Å². The van der Waals surface area contributed by atoms with Crippen molar-refractivity contribution in [2.45, 2.75) is 58.2 Å². The Labute approximate surface area is 228 Å². The van der Waals surface area contributed by atoms with Gasteiger partial charge in [0.1, 0.15) is 18.2 Å². The molecule has 0 saturated carbocycles. The number of carboxylic acid groups (broad SMARTS) is 1. The number of carbonyl (C=O) groups excluding carboxylic acids is 3. The van der Waals surface area contributed by atoms with Crippen LogP contribution < -0.4 is 0 Å². The largest absolute Gasteiger partial charge is 0.480 e. The van der Waals surface area contributed by atoms with Gasteiger partial charge in [0.25, 0.3) is 5.91 Å². The molecule has 0 spiro atoms. The van der Waals surface area contributed by atoms with Crippen molar-refractivity contribution in [2.24, 2.45) is 5.92 Å². The second kappa shape index (κ2) is 11.9. The normalized spacial score (nSPS) is 14.2. The van der Waals surface area contributed by atoms with E-state index in [0.717, 1.165) is 27.2 Å². The average molecular weight is 541 g/mol. The minimum Gasteiger partial charge on any atom is -0.480 e. The molecule has 0 saturated heterocycles. The fourth-order valence-electron chi connectivity index (χ4n) is 4.80. The topological polar surface area (TPSA) is 134 Å². The van der Waals surface area contributed by atoms with Gasteiger partial charge in [-0.05, 0) is 48.9 Å². The fourth-order valence-corrected chi connectivity index (χ4v) is 4.80. The Bertz CT molecular complexity index is 1190. The number of aliphatic hydroxyl groups excluding tert-OH is 1. The average Bonchev–Trinajstić information content (AvgIpc) is 3.17. The Morgan fingerprint density at radius 1 is 0.923 bits per heavy atom. The third-order valence-corrected chi connectivity index (χ3v) is 6.52. The Kier molecular flexibility index (Phi) is 9.01. The maximum absolute atomic E-state index is 13.7. The zero-order chi connectivity index (χ0) is 29.1. The van der Waals surface area contributed by atoms with Crippen molar-refractivity contribution in [1.29, 1.82) is 0 Å². The molecular formula is C29H36N2O8. The molecule has 10 heteroatoms. The molecule has 2 atom stereocenters. The second-order valence-corrected chi connectivity index (χ2v) is 10.8. The number of aliphatic carboxylic acids is 1. The van der Waals surface area contributed by atoms with E-state index < -0.39 is 54.3 Å². The second-order valence-electron chi connectivity index (χ2n) is 10.8. The highest BCUT2D eigenvalue weighted by molar-refractivity contribution is 6.00. The zero-order valence-corrected chi connectivity index (χ0v) is 23.1. The summed E-state index contributed by atoms with van der Waals surface area (Å²) in [6.07, 6.45) is -2.05. The lowest BCUT2D eigenvalue weighted by Gasteiger charge is -2.36. The molecule has 10 nitrogen and oxygen atoms in total. The summed E-state index contributed by atoms with van der Waals surface area (Å²) in [5.41, 5.74) is 3.13. The smallest absolute Gasteiger partial charge is 0.418 e. The van der Waals surface area contributed by atoms with Gasteiger partial charge in [-0.3, -0.25) is 9.69 Å². The van der Waals surface area contributed by atoms with Crippen LogP contribution in [0.3, 0.4) is 0 Å². The van der Waals surface area contributed by atoms with Crippen LogP contribution in [0.2, 0.25) is 0 Å². The van der Waals surface area contributed by atoms with E-state index in [0.29, 0.717) is 4.90 Å². The monoisotopic (exact) mass is 540 g/mol. The maximum Gasteiger partial charge on any atom is 0.418 e. The van der Waals surface area contributed by atoms with Gasteiger partial charge in [-0.25, -0.2) is 19.3 Å². The number of hydrogen-bond donors (Lipinski definition) is 2. The standard InChI is InChI=1S/C29H36N2O8/c1-17(2)24(25(33)31(23(15-32)26(34)35)28(37)39-29(3,4)5)30(6)27(36)38-16-22-20-13-9-7-11-18(20)19-12-8-10-14-21(19)22/h7-14,17,22-24,32H,15-16H2,1-6H3,(H,34,35)/t23-,24+/m1/s1. The highest BCUT2D eigenvalue weighted by Gasteiger charge is 2.44. The van der Waals surface area contributed by atoms with Gasteiger partial charge >= 0.3 is 18.2 Å². The number of likely N-dealkylation sites (N-methyl/N-ethyl adjacent to an activating group) is 1. The number of benzene rings is 2. The van der Waals surface area contributed by atoms with Crippen molar-refractivity contribution < 1.29 is 38.9 Å². The third-order valence-electron chi connectivity index (χ3n) is 6.52. The van der Waals surface area contributed by atoms with Crippen LogP contribution in [0.1, 0.15) is 51.7 Å². The van der Waals surface area contributed by atoms with E-state index in [-0.39, 0.29) is 12.5 Å². The van der Waals surface area contributed by atoms with Gasteiger partial charge in [-0.1, -0.05) is 62.4 Å². The van der Waals surface area contributed by atoms with E-state index in [4.69, 9.17) is 9.47 Å². The molecule has 0 aromatic heterocycles. The summed E-state index contributed by atoms with van der Waals surface area (Å²) in [5, 5.41) is 19.3. The van der Waals surface area contributed by atoms with E-state index in [2.05, 4.69) is 0 Å². The molecule has 3 amide bonds. The van der Waals surface area contributed by atoms with E-state index in [9.17, 15) is 29.4 Å². The molecule has 2 aromatic carbocycles. The first kappa shape index (κ1) is 29.6. The van der Waals surface area contributed by atoms with E-state index in [1.54, 1.807) is 34.6 Å². The van der Waals surface area contributed by atoms with Crippen LogP contribution in [0, 0.1) is 5.92 Å².